The Bertz CT molecular complexity index is 709. The fourth-order valence-corrected chi connectivity index (χ4v) is 1.73. The van der Waals surface area contributed by atoms with E-state index in [1.54, 1.807) is 0 Å². The van der Waals surface area contributed by atoms with Crippen molar-refractivity contribution in [2.24, 2.45) is 5.73 Å². The Balaban J connectivity index is 1.94. The summed E-state index contributed by atoms with van der Waals surface area (Å²) in [5.74, 6) is -0.544. The van der Waals surface area contributed by atoms with E-state index in [1.165, 1.54) is 24.3 Å². The van der Waals surface area contributed by atoms with Crippen LogP contribution in [-0.2, 0) is 17.5 Å². The number of aromatic nitrogens is 2. The minimum absolute atomic E-state index is 0.364. The summed E-state index contributed by atoms with van der Waals surface area (Å²) in [5.41, 5.74) is 4.74. The van der Waals surface area contributed by atoms with Crippen LogP contribution in [0.25, 0.3) is 0 Å². The maximum Gasteiger partial charge on any atom is 0.435 e. The topological polar surface area (TPSA) is 102 Å². The minimum Gasteiger partial charge on any atom is -0.351 e. The number of carbonyl (C=O) groups excluding carboxylic acids is 2. The molecule has 4 N–H and O–H groups in total. The molecule has 0 saturated carbocycles. The third-order valence-corrected chi connectivity index (χ3v) is 2.67. The number of amides is 3. The van der Waals surface area contributed by atoms with Gasteiger partial charge in [-0.1, -0.05) is 0 Å². The summed E-state index contributed by atoms with van der Waals surface area (Å²) in [6.07, 6.45) is -3.48. The lowest BCUT2D eigenvalue weighted by atomic mass is 10.3. The second kappa shape index (κ2) is 6.38. The van der Waals surface area contributed by atoms with Crippen molar-refractivity contribution in [3.8, 4) is 0 Å². The number of urea groups is 1. The zero-order valence-corrected chi connectivity index (χ0v) is 11.6. The van der Waals surface area contributed by atoms with Crippen LogP contribution in [0.15, 0.2) is 36.5 Å². The third kappa shape index (κ3) is 4.73. The number of carbonyl (C=O) groups is 2. The number of alkyl halides is 3. The van der Waals surface area contributed by atoms with Crippen molar-refractivity contribution in [1.82, 2.24) is 9.78 Å². The highest BCUT2D eigenvalue weighted by atomic mass is 19.4. The van der Waals surface area contributed by atoms with Crippen LogP contribution in [0.2, 0.25) is 0 Å². The molecule has 0 atom stereocenters. The van der Waals surface area contributed by atoms with E-state index in [1.807, 2.05) is 0 Å². The van der Waals surface area contributed by atoms with Gasteiger partial charge in [0, 0.05) is 17.6 Å². The van der Waals surface area contributed by atoms with Crippen molar-refractivity contribution in [2.75, 3.05) is 10.6 Å². The van der Waals surface area contributed by atoms with E-state index < -0.39 is 23.8 Å². The molecular weight excluding hydrogens is 315 g/mol. The fraction of sp³-hybridized carbons (Fsp3) is 0.154. The van der Waals surface area contributed by atoms with Gasteiger partial charge in [0.1, 0.15) is 6.54 Å². The van der Waals surface area contributed by atoms with Crippen LogP contribution in [-0.4, -0.2) is 21.7 Å². The molecule has 0 aliphatic rings. The summed E-state index contributed by atoms with van der Waals surface area (Å²) in [6.45, 7) is -0.364. The van der Waals surface area contributed by atoms with Gasteiger partial charge in [-0.25, -0.2) is 4.79 Å². The second-order valence-corrected chi connectivity index (χ2v) is 4.51. The van der Waals surface area contributed by atoms with E-state index in [0.29, 0.717) is 11.4 Å². The maximum atomic E-state index is 12.4. The van der Waals surface area contributed by atoms with Gasteiger partial charge in [-0.15, -0.1) is 0 Å². The van der Waals surface area contributed by atoms with E-state index in [0.717, 1.165) is 16.9 Å². The van der Waals surface area contributed by atoms with Gasteiger partial charge in [-0.2, -0.15) is 18.3 Å². The lowest BCUT2D eigenvalue weighted by Crippen LogP contribution is -2.20. The van der Waals surface area contributed by atoms with Crippen LogP contribution in [0.1, 0.15) is 5.69 Å². The lowest BCUT2D eigenvalue weighted by Gasteiger charge is -2.07. The quantitative estimate of drug-likeness (QED) is 0.800. The number of hydrogen-bond donors (Lipinski definition) is 3. The van der Waals surface area contributed by atoms with Crippen molar-refractivity contribution in [2.45, 2.75) is 12.7 Å². The predicted molar refractivity (Wildman–Crippen MR) is 75.5 cm³/mol. The van der Waals surface area contributed by atoms with Crippen LogP contribution in [0, 0.1) is 0 Å². The summed E-state index contributed by atoms with van der Waals surface area (Å²) in [5, 5.41) is 8.12. The maximum absolute atomic E-state index is 12.4. The van der Waals surface area contributed by atoms with Gasteiger partial charge >= 0.3 is 12.2 Å². The van der Waals surface area contributed by atoms with E-state index >= 15 is 0 Å². The van der Waals surface area contributed by atoms with Crippen LogP contribution in [0.5, 0.6) is 0 Å². The molecule has 1 aromatic heterocycles. The van der Waals surface area contributed by atoms with Gasteiger partial charge in [-0.05, 0) is 30.3 Å². The number of benzene rings is 1. The first-order chi connectivity index (χ1) is 10.7. The number of anilines is 2. The van der Waals surface area contributed by atoms with Crippen molar-refractivity contribution < 1.29 is 22.8 Å². The Labute approximate surface area is 128 Å². The molecule has 1 aromatic carbocycles. The van der Waals surface area contributed by atoms with Gasteiger partial charge < -0.3 is 16.4 Å². The first-order valence-corrected chi connectivity index (χ1v) is 6.31. The van der Waals surface area contributed by atoms with E-state index in [9.17, 15) is 22.8 Å². The molecule has 1 heterocycles. The SMILES string of the molecule is NC(=O)Nc1ccc(NC(=O)Cn2ccc(C(F)(F)F)n2)cc1. The Morgan fingerprint density at radius 3 is 2.13 bits per heavy atom. The van der Waals surface area contributed by atoms with Gasteiger partial charge in [0.05, 0.1) is 0 Å². The van der Waals surface area contributed by atoms with E-state index in [2.05, 4.69) is 15.7 Å². The number of hydrogen-bond acceptors (Lipinski definition) is 3. The summed E-state index contributed by atoms with van der Waals surface area (Å²) in [6, 6.07) is 6.10. The molecule has 0 aliphatic heterocycles. The Morgan fingerprint density at radius 1 is 1.09 bits per heavy atom. The zero-order valence-electron chi connectivity index (χ0n) is 11.6. The highest BCUT2D eigenvalue weighted by Crippen LogP contribution is 2.27. The van der Waals surface area contributed by atoms with Crippen molar-refractivity contribution in [3.63, 3.8) is 0 Å². The highest BCUT2D eigenvalue weighted by Gasteiger charge is 2.33. The molecular formula is C13H12F3N5O2. The standard InChI is InChI=1S/C13H12F3N5O2/c14-13(15,16)10-5-6-21(20-10)7-11(22)18-8-1-3-9(4-2-8)19-12(17)23/h1-6H,7H2,(H,18,22)(H3,17,19,23). The number of nitrogens with two attached hydrogens (primary N) is 1. The van der Waals surface area contributed by atoms with Gasteiger partial charge in [-0.3, -0.25) is 9.48 Å². The molecule has 0 bridgehead atoms. The number of nitrogens with one attached hydrogen (secondary N) is 2. The molecule has 0 saturated heterocycles. The third-order valence-electron chi connectivity index (χ3n) is 2.67. The van der Waals surface area contributed by atoms with E-state index in [-0.39, 0.29) is 6.54 Å². The number of rotatable bonds is 4. The first-order valence-electron chi connectivity index (χ1n) is 6.31. The largest absolute Gasteiger partial charge is 0.435 e. The molecule has 3 amide bonds. The molecule has 0 fully saturated rings. The van der Waals surface area contributed by atoms with Gasteiger partial charge in [0.15, 0.2) is 5.69 Å². The lowest BCUT2D eigenvalue weighted by molar-refractivity contribution is -0.141. The number of nitrogens with zero attached hydrogens (tertiary/aromatic N) is 2. The Kier molecular flexibility index (Phi) is 4.53. The predicted octanol–water partition coefficient (Wildman–Crippen LogP) is 2.03. The van der Waals surface area contributed by atoms with Crippen LogP contribution >= 0.6 is 0 Å². The first kappa shape index (κ1) is 16.3. The summed E-state index contributed by atoms with van der Waals surface area (Å²) < 4.78 is 38.1. The highest BCUT2D eigenvalue weighted by molar-refractivity contribution is 5.91. The Morgan fingerprint density at radius 2 is 1.65 bits per heavy atom. The van der Waals surface area contributed by atoms with Gasteiger partial charge in [0.25, 0.3) is 0 Å². The molecule has 0 spiro atoms. The average Bonchev–Trinajstić information content (AvgIpc) is 2.89. The van der Waals surface area contributed by atoms with Crippen LogP contribution < -0.4 is 16.4 Å². The van der Waals surface area contributed by atoms with Gasteiger partial charge in [0.2, 0.25) is 5.91 Å². The summed E-state index contributed by atoms with van der Waals surface area (Å²) in [7, 11) is 0. The number of primary amides is 1. The van der Waals surface area contributed by atoms with Crippen molar-refractivity contribution in [3.05, 3.63) is 42.2 Å². The molecule has 2 aromatic rings. The van der Waals surface area contributed by atoms with Crippen molar-refractivity contribution in [1.29, 1.82) is 0 Å². The molecule has 122 valence electrons. The minimum atomic E-state index is -4.55. The summed E-state index contributed by atoms with van der Waals surface area (Å²) >= 11 is 0. The van der Waals surface area contributed by atoms with Crippen molar-refractivity contribution >= 4 is 23.3 Å². The van der Waals surface area contributed by atoms with E-state index in [4.69, 9.17) is 5.73 Å². The average molecular weight is 327 g/mol. The monoisotopic (exact) mass is 327 g/mol. The smallest absolute Gasteiger partial charge is 0.351 e. The fourth-order valence-electron chi connectivity index (χ4n) is 1.73. The normalized spacial score (nSPS) is 11.1. The van der Waals surface area contributed by atoms with Crippen LogP contribution in [0.4, 0.5) is 29.3 Å². The molecule has 0 radical (unpaired) electrons. The molecule has 0 unspecified atom stereocenters. The molecule has 23 heavy (non-hydrogen) atoms. The summed E-state index contributed by atoms with van der Waals surface area (Å²) in [4.78, 5) is 22.4. The molecule has 7 nitrogen and oxygen atoms in total. The van der Waals surface area contributed by atoms with Crippen LogP contribution in [0.3, 0.4) is 0 Å². The molecule has 0 aliphatic carbocycles. The number of halogens is 3. The molecule has 10 heteroatoms. The molecule has 2 rings (SSSR count). The zero-order chi connectivity index (χ0) is 17.0. The second-order valence-electron chi connectivity index (χ2n) is 4.51. The Hall–Kier alpha value is -3.04.